The van der Waals surface area contributed by atoms with E-state index in [1.165, 1.54) is 32.0 Å². The van der Waals surface area contributed by atoms with Crippen molar-refractivity contribution in [2.75, 3.05) is 20.5 Å². The lowest BCUT2D eigenvalue weighted by Gasteiger charge is -2.11. The van der Waals surface area contributed by atoms with Crippen molar-refractivity contribution in [3.05, 3.63) is 53.9 Å². The highest BCUT2D eigenvalue weighted by Crippen LogP contribution is 2.29. The second-order valence-electron chi connectivity index (χ2n) is 6.12. The van der Waals surface area contributed by atoms with Gasteiger partial charge in [0.1, 0.15) is 10.8 Å². The summed E-state index contributed by atoms with van der Waals surface area (Å²) in [7, 11) is 2.71. The lowest BCUT2D eigenvalue weighted by molar-refractivity contribution is 0.183. The van der Waals surface area contributed by atoms with Crippen molar-refractivity contribution in [2.24, 2.45) is 9.98 Å². The van der Waals surface area contributed by atoms with E-state index in [2.05, 4.69) is 24.9 Å². The molecule has 9 nitrogen and oxygen atoms in total. The van der Waals surface area contributed by atoms with Gasteiger partial charge in [-0.3, -0.25) is 0 Å². The van der Waals surface area contributed by atoms with Crippen LogP contribution >= 0.6 is 11.8 Å². The zero-order chi connectivity index (χ0) is 22.4. The van der Waals surface area contributed by atoms with Crippen molar-refractivity contribution in [3.8, 4) is 22.9 Å². The van der Waals surface area contributed by atoms with Crippen LogP contribution in [0.15, 0.2) is 57.0 Å². The van der Waals surface area contributed by atoms with Gasteiger partial charge in [-0.25, -0.2) is 9.79 Å². The number of aliphatic imine (C=N–C) groups is 2. The standard InChI is InChI=1S/C21H20N4O5S/c1-12-22-19(25-30-12)13-5-8-15(9-6-13)23-18(20(31-4)24-21(27)29-3)14-7-10-17(28-2)16(26)11-14/h5-11,26H,1-4H3/b23-18?,24-20-. The lowest BCUT2D eigenvalue weighted by atomic mass is 10.1. The van der Waals surface area contributed by atoms with E-state index in [0.717, 1.165) is 5.56 Å². The summed E-state index contributed by atoms with van der Waals surface area (Å²) in [6, 6.07) is 12.0. The van der Waals surface area contributed by atoms with Crippen LogP contribution in [0.1, 0.15) is 11.5 Å². The highest BCUT2D eigenvalue weighted by atomic mass is 32.2. The molecule has 0 atom stereocenters. The van der Waals surface area contributed by atoms with Crippen LogP contribution in [0.2, 0.25) is 0 Å². The molecule has 1 N–H and O–H groups in total. The topological polar surface area (TPSA) is 119 Å². The first-order chi connectivity index (χ1) is 14.9. The Morgan fingerprint density at radius 1 is 1.16 bits per heavy atom. The Hall–Kier alpha value is -3.66. The molecule has 31 heavy (non-hydrogen) atoms. The van der Waals surface area contributed by atoms with Crippen molar-refractivity contribution in [1.82, 2.24) is 10.1 Å². The highest BCUT2D eigenvalue weighted by molar-refractivity contribution is 8.15. The van der Waals surface area contributed by atoms with Gasteiger partial charge < -0.3 is 19.1 Å². The van der Waals surface area contributed by atoms with Crippen LogP contribution < -0.4 is 4.74 Å². The number of hydrogen-bond donors (Lipinski definition) is 1. The molecule has 0 aliphatic heterocycles. The number of thioether (sulfide) groups is 1. The number of aryl methyl sites for hydroxylation is 1. The third-order valence-corrected chi connectivity index (χ3v) is 4.78. The highest BCUT2D eigenvalue weighted by Gasteiger charge is 2.16. The maximum atomic E-state index is 11.8. The molecule has 0 bridgehead atoms. The zero-order valence-electron chi connectivity index (χ0n) is 17.3. The Balaban J connectivity index is 2.06. The van der Waals surface area contributed by atoms with Gasteiger partial charge in [0.05, 0.1) is 19.9 Å². The summed E-state index contributed by atoms with van der Waals surface area (Å²) in [6.45, 7) is 1.72. The number of phenols is 1. The van der Waals surface area contributed by atoms with Gasteiger partial charge in [0.2, 0.25) is 11.7 Å². The number of carbonyl (C=O) groups is 1. The van der Waals surface area contributed by atoms with Crippen LogP contribution in [0.4, 0.5) is 10.5 Å². The predicted octanol–water partition coefficient (Wildman–Crippen LogP) is 4.41. The summed E-state index contributed by atoms with van der Waals surface area (Å²) in [6.07, 6.45) is 1.01. The number of rotatable bonds is 5. The number of phenolic OH excluding ortho intramolecular Hbond substituents is 1. The average Bonchev–Trinajstić information content (AvgIpc) is 3.22. The van der Waals surface area contributed by atoms with Gasteiger partial charge in [-0.2, -0.15) is 9.98 Å². The SMILES string of the molecule is COC(=O)/N=C(\SC)C(=Nc1ccc(-c2noc(C)n2)cc1)c1ccc(OC)c(O)c1. The van der Waals surface area contributed by atoms with Gasteiger partial charge >= 0.3 is 6.09 Å². The summed E-state index contributed by atoms with van der Waals surface area (Å²) < 4.78 is 14.8. The molecule has 160 valence electrons. The van der Waals surface area contributed by atoms with Gasteiger partial charge in [-0.15, -0.1) is 11.8 Å². The van der Waals surface area contributed by atoms with Gasteiger partial charge in [0.25, 0.3) is 0 Å². The van der Waals surface area contributed by atoms with Crippen LogP contribution in [0.3, 0.4) is 0 Å². The second-order valence-corrected chi connectivity index (χ2v) is 6.92. The maximum Gasteiger partial charge on any atom is 0.434 e. The Bertz CT molecular complexity index is 1140. The number of benzene rings is 2. The summed E-state index contributed by atoms with van der Waals surface area (Å²) >= 11 is 1.23. The van der Waals surface area contributed by atoms with E-state index in [1.54, 1.807) is 37.4 Å². The van der Waals surface area contributed by atoms with E-state index in [-0.39, 0.29) is 5.75 Å². The summed E-state index contributed by atoms with van der Waals surface area (Å²) in [5.74, 6) is 1.21. The van der Waals surface area contributed by atoms with Crippen molar-refractivity contribution < 1.29 is 23.9 Å². The minimum absolute atomic E-state index is 0.0611. The molecule has 0 spiro atoms. The van der Waals surface area contributed by atoms with E-state index in [1.807, 2.05) is 12.1 Å². The molecule has 2 aromatic carbocycles. The number of carbonyl (C=O) groups excluding carboxylic acids is 1. The van der Waals surface area contributed by atoms with Crippen LogP contribution in [0.5, 0.6) is 11.5 Å². The van der Waals surface area contributed by atoms with E-state index in [4.69, 9.17) is 9.26 Å². The predicted molar refractivity (Wildman–Crippen MR) is 119 cm³/mol. The largest absolute Gasteiger partial charge is 0.504 e. The molecular weight excluding hydrogens is 420 g/mol. The minimum Gasteiger partial charge on any atom is -0.504 e. The first kappa shape index (κ1) is 22.0. The van der Waals surface area contributed by atoms with Gasteiger partial charge in [-0.1, -0.05) is 5.16 Å². The minimum atomic E-state index is -0.752. The van der Waals surface area contributed by atoms with Crippen molar-refractivity contribution >= 4 is 34.3 Å². The fourth-order valence-electron chi connectivity index (χ4n) is 2.63. The Kier molecular flexibility index (Phi) is 7.03. The summed E-state index contributed by atoms with van der Waals surface area (Å²) in [5.41, 5.74) is 2.31. The van der Waals surface area contributed by atoms with Crippen LogP contribution in [0.25, 0.3) is 11.4 Å². The number of hydrogen-bond acceptors (Lipinski definition) is 9. The number of amides is 1. The number of nitrogens with zero attached hydrogens (tertiary/aromatic N) is 4. The number of ether oxygens (including phenoxy) is 2. The van der Waals surface area contributed by atoms with Crippen molar-refractivity contribution in [1.29, 1.82) is 0 Å². The molecule has 0 saturated heterocycles. The van der Waals surface area contributed by atoms with Crippen LogP contribution in [-0.4, -0.2) is 52.6 Å². The molecule has 0 aliphatic carbocycles. The monoisotopic (exact) mass is 440 g/mol. The molecule has 0 saturated carbocycles. The van der Waals surface area contributed by atoms with Gasteiger partial charge in [-0.05, 0) is 48.7 Å². The molecular formula is C21H20N4O5S. The van der Waals surface area contributed by atoms with Crippen molar-refractivity contribution in [3.63, 3.8) is 0 Å². The molecule has 3 rings (SSSR count). The normalized spacial score (nSPS) is 12.0. The fourth-order valence-corrected chi connectivity index (χ4v) is 3.15. The third kappa shape index (κ3) is 5.28. The molecule has 10 heteroatoms. The molecule has 0 aliphatic rings. The molecule has 0 unspecified atom stereocenters. The fraction of sp³-hybridized carbons (Fsp3) is 0.190. The quantitative estimate of drug-likeness (QED) is 0.458. The van der Waals surface area contributed by atoms with Crippen LogP contribution in [-0.2, 0) is 4.74 Å². The zero-order valence-corrected chi connectivity index (χ0v) is 18.1. The van der Waals surface area contributed by atoms with E-state index < -0.39 is 6.09 Å². The number of methoxy groups -OCH3 is 2. The summed E-state index contributed by atoms with van der Waals surface area (Å²) in [4.78, 5) is 24.6. The van der Waals surface area contributed by atoms with Gasteiger partial charge in [0.15, 0.2) is 11.5 Å². The molecule has 1 aromatic heterocycles. The second kappa shape index (κ2) is 9.90. The first-order valence-electron chi connectivity index (χ1n) is 9.03. The Labute approximate surface area is 182 Å². The smallest absolute Gasteiger partial charge is 0.434 e. The number of aromatic hydroxyl groups is 1. The third-order valence-electron chi connectivity index (χ3n) is 4.11. The first-order valence-corrected chi connectivity index (χ1v) is 10.3. The summed E-state index contributed by atoms with van der Waals surface area (Å²) in [5, 5.41) is 14.4. The number of aromatic nitrogens is 2. The molecule has 3 aromatic rings. The molecule has 1 heterocycles. The lowest BCUT2D eigenvalue weighted by Crippen LogP contribution is -2.14. The molecule has 0 fully saturated rings. The Morgan fingerprint density at radius 2 is 1.90 bits per heavy atom. The van der Waals surface area contributed by atoms with Gasteiger partial charge in [0, 0.05) is 18.1 Å². The van der Waals surface area contributed by atoms with E-state index in [0.29, 0.717) is 39.5 Å². The molecule has 0 radical (unpaired) electrons. The van der Waals surface area contributed by atoms with E-state index in [9.17, 15) is 9.90 Å². The molecule has 1 amide bonds. The average molecular weight is 440 g/mol. The Morgan fingerprint density at radius 3 is 2.45 bits per heavy atom. The van der Waals surface area contributed by atoms with Crippen LogP contribution in [0, 0.1) is 6.92 Å². The van der Waals surface area contributed by atoms with Crippen molar-refractivity contribution in [2.45, 2.75) is 6.92 Å². The van der Waals surface area contributed by atoms with E-state index >= 15 is 0 Å². The maximum absolute atomic E-state index is 11.8.